The Morgan fingerprint density at radius 3 is 3.22 bits per heavy atom. The number of hydrogen-bond donors (Lipinski definition) is 1. The minimum absolute atomic E-state index is 0.686. The Bertz CT molecular complexity index is 356. The first-order valence-corrected chi connectivity index (χ1v) is 7.84. The van der Waals surface area contributed by atoms with Crippen LogP contribution in [0.15, 0.2) is 17.4 Å². The van der Waals surface area contributed by atoms with Gasteiger partial charge < -0.3 is 10.1 Å². The van der Waals surface area contributed by atoms with E-state index < -0.39 is 0 Å². The maximum Gasteiger partial charge on any atom is 0.217 e. The van der Waals surface area contributed by atoms with E-state index in [9.17, 15) is 0 Å². The van der Waals surface area contributed by atoms with Gasteiger partial charge in [-0.15, -0.1) is 0 Å². The third-order valence-corrected chi connectivity index (χ3v) is 3.71. The van der Waals surface area contributed by atoms with E-state index >= 15 is 0 Å². The van der Waals surface area contributed by atoms with Crippen LogP contribution >= 0.6 is 11.8 Å². The molecule has 1 aromatic rings. The number of piperidine rings is 1. The molecular weight excluding hydrogens is 246 g/mol. The van der Waals surface area contributed by atoms with Gasteiger partial charge >= 0.3 is 0 Å². The molecule has 1 fully saturated rings. The zero-order chi connectivity index (χ0) is 12.6. The van der Waals surface area contributed by atoms with Crippen molar-refractivity contribution < 1.29 is 4.74 Å². The topological polar surface area (TPSA) is 47.0 Å². The molecule has 0 bridgehead atoms. The van der Waals surface area contributed by atoms with Gasteiger partial charge in [-0.2, -0.15) is 4.98 Å². The van der Waals surface area contributed by atoms with Crippen LogP contribution in [0.3, 0.4) is 0 Å². The number of hydrogen-bond acceptors (Lipinski definition) is 5. The molecule has 5 heteroatoms. The van der Waals surface area contributed by atoms with Crippen LogP contribution < -0.4 is 10.1 Å². The summed E-state index contributed by atoms with van der Waals surface area (Å²) in [6.45, 7) is 1.91. The molecule has 2 rings (SSSR count). The van der Waals surface area contributed by atoms with E-state index in [2.05, 4.69) is 15.3 Å². The van der Waals surface area contributed by atoms with Crippen LogP contribution in [0, 0.1) is 0 Å². The SMILES string of the molecule is CSc1nccc(OCCCC2CCCCN2)n1. The second kappa shape index (κ2) is 7.59. The highest BCUT2D eigenvalue weighted by atomic mass is 32.2. The van der Waals surface area contributed by atoms with Crippen molar-refractivity contribution in [3.63, 3.8) is 0 Å². The Morgan fingerprint density at radius 1 is 1.50 bits per heavy atom. The Labute approximate surface area is 113 Å². The van der Waals surface area contributed by atoms with E-state index in [0.29, 0.717) is 11.9 Å². The highest BCUT2D eigenvalue weighted by Gasteiger charge is 2.11. The van der Waals surface area contributed by atoms with E-state index in [0.717, 1.165) is 18.2 Å². The van der Waals surface area contributed by atoms with Crippen LogP contribution in [-0.4, -0.2) is 35.4 Å². The molecular formula is C13H21N3OS. The fourth-order valence-corrected chi connectivity index (χ4v) is 2.53. The van der Waals surface area contributed by atoms with E-state index in [1.165, 1.54) is 44.0 Å². The lowest BCUT2D eigenvalue weighted by atomic mass is 10.0. The summed E-state index contributed by atoms with van der Waals surface area (Å²) in [6, 6.07) is 2.51. The standard InChI is InChI=1S/C13H21N3OS/c1-18-13-15-9-7-12(16-13)17-10-4-6-11-5-2-3-8-14-11/h7,9,11,14H,2-6,8,10H2,1H3. The Morgan fingerprint density at radius 2 is 2.44 bits per heavy atom. The highest BCUT2D eigenvalue weighted by molar-refractivity contribution is 7.98. The van der Waals surface area contributed by atoms with Gasteiger partial charge in [-0.3, -0.25) is 0 Å². The summed E-state index contributed by atoms with van der Waals surface area (Å²) in [5, 5.41) is 4.32. The lowest BCUT2D eigenvalue weighted by molar-refractivity contribution is 0.274. The average Bonchev–Trinajstić information content (AvgIpc) is 2.45. The molecule has 1 N–H and O–H groups in total. The summed E-state index contributed by atoms with van der Waals surface area (Å²) in [7, 11) is 0. The van der Waals surface area contributed by atoms with Gasteiger partial charge in [0, 0.05) is 18.3 Å². The molecule has 0 amide bonds. The monoisotopic (exact) mass is 267 g/mol. The Balaban J connectivity index is 1.65. The first kappa shape index (κ1) is 13.6. The predicted octanol–water partition coefficient (Wildman–Crippen LogP) is 2.50. The van der Waals surface area contributed by atoms with Crippen molar-refractivity contribution in [2.45, 2.75) is 43.3 Å². The molecule has 100 valence electrons. The molecule has 1 aliphatic rings. The summed E-state index contributed by atoms with van der Waals surface area (Å²) in [6.07, 6.45) is 9.98. The van der Waals surface area contributed by atoms with Gasteiger partial charge in [0.1, 0.15) is 0 Å². The van der Waals surface area contributed by atoms with Gasteiger partial charge in [-0.25, -0.2) is 4.98 Å². The third-order valence-electron chi connectivity index (χ3n) is 3.15. The van der Waals surface area contributed by atoms with Crippen LogP contribution in [0.25, 0.3) is 0 Å². The second-order valence-electron chi connectivity index (χ2n) is 4.52. The first-order chi connectivity index (χ1) is 8.88. The van der Waals surface area contributed by atoms with E-state index in [1.54, 1.807) is 6.20 Å². The second-order valence-corrected chi connectivity index (χ2v) is 5.29. The summed E-state index contributed by atoms with van der Waals surface area (Å²) >= 11 is 1.53. The molecule has 1 aromatic heterocycles. The van der Waals surface area contributed by atoms with Gasteiger partial charge in [0.25, 0.3) is 0 Å². The van der Waals surface area contributed by atoms with Gasteiger partial charge in [0.05, 0.1) is 6.61 Å². The summed E-state index contributed by atoms with van der Waals surface area (Å²) in [4.78, 5) is 8.41. The van der Waals surface area contributed by atoms with Crippen LogP contribution in [0.5, 0.6) is 5.88 Å². The van der Waals surface area contributed by atoms with E-state index in [-0.39, 0.29) is 0 Å². The molecule has 4 nitrogen and oxygen atoms in total. The zero-order valence-corrected chi connectivity index (χ0v) is 11.7. The quantitative estimate of drug-likeness (QED) is 0.487. The Hall–Kier alpha value is -0.810. The van der Waals surface area contributed by atoms with Crippen molar-refractivity contribution in [1.29, 1.82) is 0 Å². The molecule has 0 radical (unpaired) electrons. The van der Waals surface area contributed by atoms with E-state index in [1.807, 2.05) is 12.3 Å². The van der Waals surface area contributed by atoms with Crippen LogP contribution in [0.4, 0.5) is 0 Å². The largest absolute Gasteiger partial charge is 0.478 e. The lowest BCUT2D eigenvalue weighted by Gasteiger charge is -2.23. The Kier molecular flexibility index (Phi) is 5.74. The first-order valence-electron chi connectivity index (χ1n) is 6.61. The van der Waals surface area contributed by atoms with Crippen LogP contribution in [-0.2, 0) is 0 Å². The molecule has 0 aliphatic carbocycles. The lowest BCUT2D eigenvalue weighted by Crippen LogP contribution is -2.34. The number of aromatic nitrogens is 2. The van der Waals surface area contributed by atoms with Crippen molar-refractivity contribution >= 4 is 11.8 Å². The average molecular weight is 267 g/mol. The van der Waals surface area contributed by atoms with Gasteiger partial charge in [-0.1, -0.05) is 18.2 Å². The van der Waals surface area contributed by atoms with Crippen molar-refractivity contribution in [2.75, 3.05) is 19.4 Å². The molecule has 1 aliphatic heterocycles. The van der Waals surface area contributed by atoms with Gasteiger partial charge in [0.15, 0.2) is 5.16 Å². The smallest absolute Gasteiger partial charge is 0.217 e. The fourth-order valence-electron chi connectivity index (χ4n) is 2.18. The minimum atomic E-state index is 0.686. The van der Waals surface area contributed by atoms with Gasteiger partial charge in [0.2, 0.25) is 5.88 Å². The summed E-state index contributed by atoms with van der Waals surface area (Å²) in [5.74, 6) is 0.686. The number of nitrogens with zero attached hydrogens (tertiary/aromatic N) is 2. The van der Waals surface area contributed by atoms with Crippen molar-refractivity contribution in [3.05, 3.63) is 12.3 Å². The predicted molar refractivity (Wildman–Crippen MR) is 74.2 cm³/mol. The number of rotatable bonds is 6. The molecule has 18 heavy (non-hydrogen) atoms. The molecule has 0 spiro atoms. The molecule has 1 atom stereocenters. The van der Waals surface area contributed by atoms with Crippen molar-refractivity contribution in [1.82, 2.24) is 15.3 Å². The third kappa shape index (κ3) is 4.46. The molecule has 0 aromatic carbocycles. The summed E-state index contributed by atoms with van der Waals surface area (Å²) < 4.78 is 5.65. The number of ether oxygens (including phenoxy) is 1. The van der Waals surface area contributed by atoms with Crippen molar-refractivity contribution in [2.24, 2.45) is 0 Å². The van der Waals surface area contributed by atoms with Crippen LogP contribution in [0.2, 0.25) is 0 Å². The zero-order valence-electron chi connectivity index (χ0n) is 10.9. The summed E-state index contributed by atoms with van der Waals surface area (Å²) in [5.41, 5.74) is 0. The van der Waals surface area contributed by atoms with Crippen LogP contribution in [0.1, 0.15) is 32.1 Å². The molecule has 0 saturated carbocycles. The number of nitrogens with one attached hydrogen (secondary N) is 1. The maximum absolute atomic E-state index is 5.65. The highest BCUT2D eigenvalue weighted by Crippen LogP contribution is 2.14. The molecule has 1 unspecified atom stereocenters. The number of thioether (sulfide) groups is 1. The van der Waals surface area contributed by atoms with E-state index in [4.69, 9.17) is 4.74 Å². The van der Waals surface area contributed by atoms with Gasteiger partial charge in [-0.05, 0) is 38.5 Å². The minimum Gasteiger partial charge on any atom is -0.478 e. The van der Waals surface area contributed by atoms with Crippen molar-refractivity contribution in [3.8, 4) is 5.88 Å². The maximum atomic E-state index is 5.65. The normalized spacial score (nSPS) is 19.7. The molecule has 1 saturated heterocycles. The fraction of sp³-hybridized carbons (Fsp3) is 0.692. The molecule has 2 heterocycles.